The standard InChI is InChI=1S/C14H20S2/c1-2-4-6-8-11-15-13-10-14-16-12-9-7-5-3-1/h1-7,10,13-14H2. The minimum absolute atomic E-state index is 1.08. The van der Waals surface area contributed by atoms with Crippen LogP contribution >= 0.6 is 23.5 Å². The van der Waals surface area contributed by atoms with Gasteiger partial charge in [0, 0.05) is 24.3 Å². The Bertz CT molecular complexity index is 247. The molecular weight excluding hydrogens is 232 g/mol. The van der Waals surface area contributed by atoms with Crippen LogP contribution in [0.2, 0.25) is 0 Å². The highest BCUT2D eigenvalue weighted by atomic mass is 32.2. The lowest BCUT2D eigenvalue weighted by molar-refractivity contribution is 0.628. The number of thioether (sulfide) groups is 2. The molecule has 0 amide bonds. The van der Waals surface area contributed by atoms with E-state index in [4.69, 9.17) is 0 Å². The van der Waals surface area contributed by atoms with E-state index in [1.807, 2.05) is 0 Å². The summed E-state index contributed by atoms with van der Waals surface area (Å²) in [6.07, 6.45) is 9.96. The van der Waals surface area contributed by atoms with Crippen molar-refractivity contribution < 1.29 is 0 Å². The van der Waals surface area contributed by atoms with Gasteiger partial charge in [-0.3, -0.25) is 0 Å². The van der Waals surface area contributed by atoms with Crippen LogP contribution in [-0.2, 0) is 0 Å². The third-order valence-corrected chi connectivity index (χ3v) is 3.95. The molecule has 0 aromatic heterocycles. The molecule has 1 aliphatic rings. The average molecular weight is 252 g/mol. The fraction of sp³-hybridized carbons (Fsp3) is 0.714. The van der Waals surface area contributed by atoms with Gasteiger partial charge < -0.3 is 0 Å². The smallest absolute Gasteiger partial charge is 0.00976 e. The second-order valence-corrected chi connectivity index (χ2v) is 5.68. The Kier molecular flexibility index (Phi) is 9.81. The summed E-state index contributed by atoms with van der Waals surface area (Å²) in [5.74, 6) is 8.80. The Morgan fingerprint density at radius 1 is 0.562 bits per heavy atom. The molecule has 0 fully saturated rings. The first-order chi connectivity index (χ1) is 8.00. The summed E-state index contributed by atoms with van der Waals surface area (Å²) < 4.78 is 0. The molecular formula is C14H20S2. The van der Waals surface area contributed by atoms with Crippen molar-refractivity contribution in [2.75, 3.05) is 11.5 Å². The fourth-order valence-corrected chi connectivity index (χ4v) is 2.84. The molecule has 2 heteroatoms. The fourth-order valence-electron chi connectivity index (χ4n) is 1.47. The third kappa shape index (κ3) is 9.08. The van der Waals surface area contributed by atoms with E-state index < -0.39 is 0 Å². The molecule has 0 saturated heterocycles. The summed E-state index contributed by atoms with van der Waals surface area (Å²) in [6.45, 7) is 0. The molecule has 0 unspecified atom stereocenters. The molecule has 0 N–H and O–H groups in total. The molecule has 0 aliphatic carbocycles. The van der Waals surface area contributed by atoms with Crippen LogP contribution in [-0.4, -0.2) is 11.5 Å². The van der Waals surface area contributed by atoms with Crippen LogP contribution in [0, 0.1) is 22.3 Å². The quantitative estimate of drug-likeness (QED) is 0.582. The Balaban J connectivity index is 2.19. The first-order valence-corrected chi connectivity index (χ1v) is 8.16. The van der Waals surface area contributed by atoms with E-state index in [0.29, 0.717) is 0 Å². The molecule has 1 aliphatic heterocycles. The second kappa shape index (κ2) is 11.3. The minimum atomic E-state index is 1.08. The van der Waals surface area contributed by atoms with E-state index in [9.17, 15) is 0 Å². The van der Waals surface area contributed by atoms with Crippen molar-refractivity contribution in [3.8, 4) is 22.3 Å². The number of rotatable bonds is 0. The zero-order valence-electron chi connectivity index (χ0n) is 9.89. The van der Waals surface area contributed by atoms with Crippen LogP contribution in [0.3, 0.4) is 0 Å². The molecule has 0 aromatic carbocycles. The Hall–Kier alpha value is -0.180. The Labute approximate surface area is 109 Å². The topological polar surface area (TPSA) is 0 Å². The summed E-state index contributed by atoms with van der Waals surface area (Å²) in [5.41, 5.74) is 0. The highest BCUT2D eigenvalue weighted by Crippen LogP contribution is 2.09. The van der Waals surface area contributed by atoms with E-state index in [1.54, 1.807) is 23.5 Å². The lowest BCUT2D eigenvalue weighted by Crippen LogP contribution is -1.81. The molecule has 16 heavy (non-hydrogen) atoms. The molecule has 0 atom stereocenters. The highest BCUT2D eigenvalue weighted by molar-refractivity contribution is 8.04. The predicted octanol–water partition coefficient (Wildman–Crippen LogP) is 4.51. The van der Waals surface area contributed by atoms with Crippen molar-refractivity contribution in [2.45, 2.75) is 51.4 Å². The summed E-state index contributed by atoms with van der Waals surface area (Å²) in [5, 5.41) is 6.38. The van der Waals surface area contributed by atoms with Crippen LogP contribution in [0.4, 0.5) is 0 Å². The van der Waals surface area contributed by atoms with Gasteiger partial charge in [0.2, 0.25) is 0 Å². The van der Waals surface area contributed by atoms with Crippen molar-refractivity contribution in [2.24, 2.45) is 0 Å². The predicted molar refractivity (Wildman–Crippen MR) is 77.4 cm³/mol. The van der Waals surface area contributed by atoms with Gasteiger partial charge in [-0.25, -0.2) is 0 Å². The van der Waals surface area contributed by atoms with Gasteiger partial charge in [-0.1, -0.05) is 54.6 Å². The van der Waals surface area contributed by atoms with Crippen LogP contribution in [0.1, 0.15) is 51.4 Å². The van der Waals surface area contributed by atoms with E-state index in [2.05, 4.69) is 22.3 Å². The zero-order chi connectivity index (χ0) is 11.3. The first kappa shape index (κ1) is 13.9. The molecule has 0 radical (unpaired) electrons. The number of hydrogen-bond acceptors (Lipinski definition) is 2. The monoisotopic (exact) mass is 252 g/mol. The van der Waals surface area contributed by atoms with Gasteiger partial charge in [-0.2, -0.15) is 0 Å². The molecule has 1 heterocycles. The lowest BCUT2D eigenvalue weighted by Gasteiger charge is -1.97. The lowest BCUT2D eigenvalue weighted by atomic mass is 10.1. The second-order valence-electron chi connectivity index (χ2n) is 3.88. The van der Waals surface area contributed by atoms with Crippen molar-refractivity contribution in [1.29, 1.82) is 0 Å². The van der Waals surface area contributed by atoms with Gasteiger partial charge in [-0.05, 0) is 29.8 Å². The third-order valence-electron chi connectivity index (χ3n) is 2.39. The van der Waals surface area contributed by atoms with Crippen LogP contribution in [0.15, 0.2) is 0 Å². The van der Waals surface area contributed by atoms with Gasteiger partial charge in [0.05, 0.1) is 0 Å². The molecule has 0 saturated carbocycles. The van der Waals surface area contributed by atoms with E-state index in [-0.39, 0.29) is 0 Å². The van der Waals surface area contributed by atoms with Crippen molar-refractivity contribution in [3.63, 3.8) is 0 Å². The summed E-state index contributed by atoms with van der Waals surface area (Å²) >= 11 is 3.53. The van der Waals surface area contributed by atoms with Gasteiger partial charge in [0.25, 0.3) is 0 Å². The maximum Gasteiger partial charge on any atom is 0.00976 e. The van der Waals surface area contributed by atoms with Crippen molar-refractivity contribution in [3.05, 3.63) is 0 Å². The van der Waals surface area contributed by atoms with Gasteiger partial charge in [0.1, 0.15) is 0 Å². The molecule has 88 valence electrons. The van der Waals surface area contributed by atoms with Crippen LogP contribution < -0.4 is 0 Å². The summed E-state index contributed by atoms with van der Waals surface area (Å²) in [6, 6.07) is 0. The minimum Gasteiger partial charge on any atom is -0.0913 e. The van der Waals surface area contributed by atoms with Gasteiger partial charge in [0.15, 0.2) is 0 Å². The molecule has 0 bridgehead atoms. The zero-order valence-corrected chi connectivity index (χ0v) is 11.5. The van der Waals surface area contributed by atoms with Gasteiger partial charge >= 0.3 is 0 Å². The molecule has 0 aromatic rings. The van der Waals surface area contributed by atoms with Gasteiger partial charge in [-0.15, -0.1) is 0 Å². The molecule has 1 rings (SSSR count). The summed E-state index contributed by atoms with van der Waals surface area (Å²) in [4.78, 5) is 0. The Morgan fingerprint density at radius 2 is 1.06 bits per heavy atom. The van der Waals surface area contributed by atoms with E-state index in [1.165, 1.54) is 38.5 Å². The Morgan fingerprint density at radius 3 is 1.62 bits per heavy atom. The van der Waals surface area contributed by atoms with E-state index in [0.717, 1.165) is 24.3 Å². The van der Waals surface area contributed by atoms with E-state index >= 15 is 0 Å². The summed E-state index contributed by atoms with van der Waals surface area (Å²) in [7, 11) is 0. The molecule has 0 nitrogen and oxygen atoms in total. The largest absolute Gasteiger partial charge is 0.0913 e. The maximum absolute atomic E-state index is 3.25. The van der Waals surface area contributed by atoms with Crippen LogP contribution in [0.25, 0.3) is 0 Å². The van der Waals surface area contributed by atoms with Crippen LogP contribution in [0.5, 0.6) is 0 Å². The van der Waals surface area contributed by atoms with Crippen molar-refractivity contribution >= 4 is 23.5 Å². The SMILES string of the molecule is C1#CSCCCSC#CCCCCCCC1. The average Bonchev–Trinajstić information content (AvgIpc) is 2.29. The number of hydrogen-bond donors (Lipinski definition) is 0. The highest BCUT2D eigenvalue weighted by Gasteiger charge is 1.90. The normalized spacial score (nSPS) is 20.0. The maximum atomic E-state index is 3.25. The molecule has 0 spiro atoms. The first-order valence-electron chi connectivity index (χ1n) is 6.19. The van der Waals surface area contributed by atoms with Crippen molar-refractivity contribution in [1.82, 2.24) is 0 Å².